The molecule has 0 unspecified atom stereocenters. The number of halogens is 1. The highest BCUT2D eigenvalue weighted by Gasteiger charge is 2.15. The quantitative estimate of drug-likeness (QED) is 0.385. The van der Waals surface area contributed by atoms with Gasteiger partial charge < -0.3 is 10.6 Å². The molecule has 2 aromatic carbocycles. The van der Waals surface area contributed by atoms with E-state index >= 15 is 0 Å². The Hall–Kier alpha value is -2.86. The fraction of sp³-hybridized carbons (Fsp3) is 0.118. The van der Waals surface area contributed by atoms with Gasteiger partial charge in [0.2, 0.25) is 5.84 Å². The van der Waals surface area contributed by atoms with Crippen LogP contribution in [0.3, 0.4) is 0 Å². The van der Waals surface area contributed by atoms with E-state index in [9.17, 15) is 9.59 Å². The summed E-state index contributed by atoms with van der Waals surface area (Å²) in [6, 6.07) is 13.6. The summed E-state index contributed by atoms with van der Waals surface area (Å²) in [6.45, 7) is 0. The number of amides is 1. The van der Waals surface area contributed by atoms with Crippen LogP contribution < -0.4 is 11.2 Å². The molecule has 124 valence electrons. The molecule has 0 aliphatic heterocycles. The molecule has 0 spiro atoms. The number of anilines is 1. The summed E-state index contributed by atoms with van der Waals surface area (Å²) in [4.78, 5) is 25.7. The van der Waals surface area contributed by atoms with Crippen LogP contribution in [0.15, 0.2) is 53.6 Å². The van der Waals surface area contributed by atoms with Gasteiger partial charge in [0.15, 0.2) is 5.78 Å². The van der Waals surface area contributed by atoms with E-state index in [2.05, 4.69) is 10.5 Å². The fourth-order valence-corrected chi connectivity index (χ4v) is 2.12. The molecule has 0 fully saturated rings. The zero-order chi connectivity index (χ0) is 17.7. The van der Waals surface area contributed by atoms with E-state index in [1.165, 1.54) is 4.90 Å². The molecule has 3 N–H and O–H groups in total. The lowest BCUT2D eigenvalue weighted by Crippen LogP contribution is -2.36. The Bertz CT molecular complexity index is 788. The van der Waals surface area contributed by atoms with Crippen molar-refractivity contribution in [3.05, 3.63) is 64.7 Å². The van der Waals surface area contributed by atoms with Crippen LogP contribution in [0.4, 0.5) is 5.69 Å². The summed E-state index contributed by atoms with van der Waals surface area (Å²) >= 11 is 6.00. The molecule has 24 heavy (non-hydrogen) atoms. The number of hydrogen-bond acceptors (Lipinski definition) is 4. The number of nitrogens with two attached hydrogens (primary N) is 1. The fourth-order valence-electron chi connectivity index (χ4n) is 1.94. The Balaban J connectivity index is 2.33. The van der Waals surface area contributed by atoms with Gasteiger partial charge in [0.25, 0.3) is 5.91 Å². The lowest BCUT2D eigenvalue weighted by molar-refractivity contribution is -0.121. The molecular formula is C17H17ClN4O2. The number of hydrogen-bond donors (Lipinski definition) is 2. The van der Waals surface area contributed by atoms with Crippen molar-refractivity contribution in [1.82, 2.24) is 4.90 Å². The molecule has 0 heterocycles. The number of rotatable bonds is 4. The molecular weight excluding hydrogens is 328 g/mol. The number of likely N-dealkylation sites (N-methyl/N-ethyl adjacent to an activating group) is 1. The zero-order valence-electron chi connectivity index (χ0n) is 13.3. The molecule has 7 heteroatoms. The van der Waals surface area contributed by atoms with Crippen LogP contribution >= 0.6 is 11.6 Å². The minimum absolute atomic E-state index is 0.215. The largest absolute Gasteiger partial charge is 0.378 e. The van der Waals surface area contributed by atoms with Crippen molar-refractivity contribution < 1.29 is 9.59 Å². The van der Waals surface area contributed by atoms with Crippen molar-refractivity contribution in [2.45, 2.75) is 0 Å². The number of hydrazone groups is 1. The Morgan fingerprint density at radius 1 is 1.12 bits per heavy atom. The Morgan fingerprint density at radius 2 is 1.79 bits per heavy atom. The van der Waals surface area contributed by atoms with Crippen molar-refractivity contribution in [1.29, 1.82) is 0 Å². The second-order valence-corrected chi connectivity index (χ2v) is 5.63. The molecule has 0 atom stereocenters. The van der Waals surface area contributed by atoms with Gasteiger partial charge in [0.05, 0.1) is 5.69 Å². The maximum absolute atomic E-state index is 12.7. The molecule has 2 rings (SSSR count). The highest BCUT2D eigenvalue weighted by atomic mass is 35.5. The predicted molar refractivity (Wildman–Crippen MR) is 95.3 cm³/mol. The van der Waals surface area contributed by atoms with E-state index in [0.29, 0.717) is 21.8 Å². The second-order valence-electron chi connectivity index (χ2n) is 5.19. The number of ketones is 1. The topological polar surface area (TPSA) is 87.8 Å². The maximum atomic E-state index is 12.7. The van der Waals surface area contributed by atoms with Crippen LogP contribution in [0.1, 0.15) is 15.9 Å². The van der Waals surface area contributed by atoms with E-state index < -0.39 is 5.91 Å². The van der Waals surface area contributed by atoms with E-state index in [1.54, 1.807) is 56.6 Å². The summed E-state index contributed by atoms with van der Waals surface area (Å²) in [5.41, 5.74) is 9.54. The minimum atomic E-state index is -0.438. The van der Waals surface area contributed by atoms with Crippen LogP contribution in [0, 0.1) is 0 Å². The first kappa shape index (κ1) is 17.5. The summed E-state index contributed by atoms with van der Waals surface area (Å²) in [7, 11) is 3.13. The van der Waals surface area contributed by atoms with Crippen LogP contribution in [0.5, 0.6) is 0 Å². The van der Waals surface area contributed by atoms with Crippen molar-refractivity contribution in [3.63, 3.8) is 0 Å². The first-order chi connectivity index (χ1) is 11.4. The molecule has 0 aromatic heterocycles. The van der Waals surface area contributed by atoms with Gasteiger partial charge in [-0.2, -0.15) is 5.10 Å². The zero-order valence-corrected chi connectivity index (χ0v) is 14.0. The Kier molecular flexibility index (Phi) is 5.55. The number of carbonyl (C=O) groups excluding carboxylic acids is 2. The highest BCUT2D eigenvalue weighted by molar-refractivity contribution is 6.37. The molecule has 0 saturated carbocycles. The van der Waals surface area contributed by atoms with Gasteiger partial charge in [0.1, 0.15) is 0 Å². The second kappa shape index (κ2) is 7.61. The van der Waals surface area contributed by atoms with Gasteiger partial charge in [-0.05, 0) is 18.2 Å². The van der Waals surface area contributed by atoms with Crippen LogP contribution in [-0.2, 0) is 4.79 Å². The third kappa shape index (κ3) is 4.11. The third-order valence-electron chi connectivity index (χ3n) is 3.18. The van der Waals surface area contributed by atoms with E-state index in [-0.39, 0.29) is 11.6 Å². The van der Waals surface area contributed by atoms with Crippen molar-refractivity contribution in [2.24, 2.45) is 10.8 Å². The lowest BCUT2D eigenvalue weighted by atomic mass is 10.0. The summed E-state index contributed by atoms with van der Waals surface area (Å²) < 4.78 is 0. The molecule has 0 aliphatic carbocycles. The van der Waals surface area contributed by atoms with Gasteiger partial charge in [-0.15, -0.1) is 0 Å². The van der Waals surface area contributed by atoms with Gasteiger partial charge >= 0.3 is 0 Å². The maximum Gasteiger partial charge on any atom is 0.290 e. The Morgan fingerprint density at radius 3 is 2.42 bits per heavy atom. The smallest absolute Gasteiger partial charge is 0.290 e. The van der Waals surface area contributed by atoms with Crippen LogP contribution in [0.25, 0.3) is 0 Å². The average molecular weight is 345 g/mol. The number of nitrogens with zero attached hydrogens (tertiary/aromatic N) is 2. The van der Waals surface area contributed by atoms with E-state index in [0.717, 1.165) is 0 Å². The molecule has 2 aromatic rings. The Labute approximate surface area is 144 Å². The standard InChI is InChI=1S/C17H17ClN4O2/c1-22(2)17(24)16(19)21-20-14-9-8-12(18)10-13(14)15(23)11-6-4-3-5-7-11/h3-10,20H,1-2H3,(H2,19,21). The van der Waals surface area contributed by atoms with Gasteiger partial charge in [0, 0.05) is 30.2 Å². The summed E-state index contributed by atoms with van der Waals surface area (Å²) in [5, 5.41) is 4.26. The number of carbonyl (C=O) groups is 2. The molecule has 0 aliphatic rings. The SMILES string of the molecule is CN(C)C(=O)/C(N)=N/Nc1ccc(Cl)cc1C(=O)c1ccccc1. The van der Waals surface area contributed by atoms with Gasteiger partial charge in [-0.25, -0.2) is 0 Å². The summed E-state index contributed by atoms with van der Waals surface area (Å²) in [5.74, 6) is -0.867. The van der Waals surface area contributed by atoms with Gasteiger partial charge in [-0.3, -0.25) is 15.0 Å². The minimum Gasteiger partial charge on any atom is -0.378 e. The van der Waals surface area contributed by atoms with Gasteiger partial charge in [-0.1, -0.05) is 41.9 Å². The first-order valence-corrected chi connectivity index (χ1v) is 7.48. The van der Waals surface area contributed by atoms with Crippen molar-refractivity contribution >= 4 is 34.8 Å². The number of nitrogens with one attached hydrogen (secondary N) is 1. The lowest BCUT2D eigenvalue weighted by Gasteiger charge is -2.11. The molecule has 0 saturated heterocycles. The molecule has 6 nitrogen and oxygen atoms in total. The molecule has 0 bridgehead atoms. The third-order valence-corrected chi connectivity index (χ3v) is 3.42. The monoisotopic (exact) mass is 344 g/mol. The predicted octanol–water partition coefficient (Wildman–Crippen LogP) is 2.34. The summed E-state index contributed by atoms with van der Waals surface area (Å²) in [6.07, 6.45) is 0. The van der Waals surface area contributed by atoms with Crippen molar-refractivity contribution in [2.75, 3.05) is 19.5 Å². The van der Waals surface area contributed by atoms with E-state index in [4.69, 9.17) is 17.3 Å². The first-order valence-electron chi connectivity index (χ1n) is 7.10. The van der Waals surface area contributed by atoms with Crippen molar-refractivity contribution in [3.8, 4) is 0 Å². The molecule has 1 amide bonds. The molecule has 0 radical (unpaired) electrons. The van der Waals surface area contributed by atoms with Crippen LogP contribution in [0.2, 0.25) is 5.02 Å². The average Bonchev–Trinajstić information content (AvgIpc) is 2.59. The highest BCUT2D eigenvalue weighted by Crippen LogP contribution is 2.23. The van der Waals surface area contributed by atoms with Crippen LogP contribution in [-0.4, -0.2) is 36.5 Å². The number of amidine groups is 1. The normalized spacial score (nSPS) is 11.0. The van der Waals surface area contributed by atoms with E-state index in [1.807, 2.05) is 6.07 Å². The number of benzene rings is 2.